The third-order valence-corrected chi connectivity index (χ3v) is 6.28. The quantitative estimate of drug-likeness (QED) is 0.324. The number of piperidine rings is 1. The van der Waals surface area contributed by atoms with Crippen LogP contribution in [0.5, 0.6) is 5.75 Å². The molecule has 0 spiro atoms. The molecule has 11 nitrogen and oxygen atoms in total. The Labute approximate surface area is 193 Å². The Morgan fingerprint density at radius 3 is 2.42 bits per heavy atom. The number of imide groups is 1. The molecule has 3 N–H and O–H groups in total. The lowest BCUT2D eigenvalue weighted by Gasteiger charge is -2.24. The van der Waals surface area contributed by atoms with Gasteiger partial charge in [0, 0.05) is 49.9 Å². The summed E-state index contributed by atoms with van der Waals surface area (Å²) in [5, 5.41) is 6.18. The number of carbonyl (C=O) groups excluding carboxylic acids is 2. The van der Waals surface area contributed by atoms with Gasteiger partial charge in [-0.2, -0.15) is 4.98 Å². The summed E-state index contributed by atoms with van der Waals surface area (Å²) >= 11 is 0. The fraction of sp³-hybridized carbons (Fsp3) is 0.429. The maximum atomic E-state index is 12.2. The first-order valence-electron chi connectivity index (χ1n) is 10.6. The largest absolute Gasteiger partial charge is 0.497 e. The third-order valence-electron chi connectivity index (χ3n) is 4.91. The molecular weight excluding hydrogens is 448 g/mol. The number of hydrogen-bond acceptors (Lipinski definition) is 9. The number of aromatic nitrogens is 2. The van der Waals surface area contributed by atoms with E-state index in [2.05, 4.69) is 25.3 Å². The number of carbonyl (C=O) groups is 2. The topological polar surface area (TPSA) is 143 Å². The van der Waals surface area contributed by atoms with Gasteiger partial charge in [0.15, 0.2) is 0 Å². The van der Waals surface area contributed by atoms with E-state index in [1.165, 1.54) is 0 Å². The van der Waals surface area contributed by atoms with Crippen molar-refractivity contribution in [2.24, 2.45) is 0 Å². The van der Waals surface area contributed by atoms with Gasteiger partial charge >= 0.3 is 0 Å². The van der Waals surface area contributed by atoms with Gasteiger partial charge in [0.2, 0.25) is 27.8 Å². The van der Waals surface area contributed by atoms with Crippen LogP contribution in [-0.4, -0.2) is 67.6 Å². The molecule has 178 valence electrons. The van der Waals surface area contributed by atoms with Crippen LogP contribution in [0.4, 0.5) is 17.5 Å². The fourth-order valence-corrected chi connectivity index (χ4v) is 4.23. The summed E-state index contributed by atoms with van der Waals surface area (Å²) in [7, 11) is -2.04. The molecule has 0 saturated carbocycles. The van der Waals surface area contributed by atoms with Crippen molar-refractivity contribution in [1.82, 2.24) is 19.6 Å². The highest BCUT2D eigenvalue weighted by Crippen LogP contribution is 2.20. The normalized spacial score (nSPS) is 14.3. The van der Waals surface area contributed by atoms with Crippen LogP contribution in [0.3, 0.4) is 0 Å². The molecule has 33 heavy (non-hydrogen) atoms. The second-order valence-electron chi connectivity index (χ2n) is 7.50. The lowest BCUT2D eigenvalue weighted by atomic mass is 10.1. The first kappa shape index (κ1) is 24.4. The second-order valence-corrected chi connectivity index (χ2v) is 9.43. The zero-order chi connectivity index (χ0) is 23.8. The maximum absolute atomic E-state index is 12.2. The van der Waals surface area contributed by atoms with E-state index in [-0.39, 0.29) is 50.0 Å². The molecule has 12 heteroatoms. The first-order chi connectivity index (χ1) is 15.8. The van der Waals surface area contributed by atoms with Crippen LogP contribution in [0.1, 0.15) is 25.0 Å². The third kappa shape index (κ3) is 7.39. The Kier molecular flexibility index (Phi) is 8.17. The highest BCUT2D eigenvalue weighted by atomic mass is 32.2. The van der Waals surface area contributed by atoms with E-state index in [0.29, 0.717) is 18.2 Å². The number of amides is 2. The molecular formula is C21H28N6O5S. The lowest BCUT2D eigenvalue weighted by Crippen LogP contribution is -2.44. The fourth-order valence-electron chi connectivity index (χ4n) is 3.25. The summed E-state index contributed by atoms with van der Waals surface area (Å²) in [4.78, 5) is 33.3. The molecule has 1 fully saturated rings. The smallest absolute Gasteiger partial charge is 0.229 e. The molecule has 2 aromatic rings. The summed E-state index contributed by atoms with van der Waals surface area (Å²) in [5.41, 5.74) is 1.57. The predicted octanol–water partition coefficient (Wildman–Crippen LogP) is 1.41. The van der Waals surface area contributed by atoms with Crippen LogP contribution in [0.2, 0.25) is 0 Å². The molecule has 1 aliphatic rings. The van der Waals surface area contributed by atoms with Crippen LogP contribution in [0, 0.1) is 6.92 Å². The Morgan fingerprint density at radius 1 is 1.06 bits per heavy atom. The molecule has 2 amide bonds. The summed E-state index contributed by atoms with van der Waals surface area (Å²) in [5.74, 6) is 0.721. The van der Waals surface area contributed by atoms with Crippen molar-refractivity contribution in [2.75, 3.05) is 43.1 Å². The van der Waals surface area contributed by atoms with E-state index in [1.807, 2.05) is 31.2 Å². The molecule has 1 aromatic heterocycles. The van der Waals surface area contributed by atoms with Crippen molar-refractivity contribution >= 4 is 39.3 Å². The Bertz CT molecular complexity index is 1070. The van der Waals surface area contributed by atoms with Crippen molar-refractivity contribution in [1.29, 1.82) is 0 Å². The monoisotopic (exact) mass is 476 g/mol. The molecule has 1 aliphatic heterocycles. The Morgan fingerprint density at radius 2 is 1.76 bits per heavy atom. The number of anilines is 3. The minimum atomic E-state index is -3.64. The number of likely N-dealkylation sites (tertiary alicyclic amines) is 1. The van der Waals surface area contributed by atoms with Crippen molar-refractivity contribution < 1.29 is 22.7 Å². The molecule has 0 bridgehead atoms. The van der Waals surface area contributed by atoms with Crippen molar-refractivity contribution in [2.45, 2.75) is 26.2 Å². The van der Waals surface area contributed by atoms with E-state index >= 15 is 0 Å². The standard InChI is InChI=1S/C21H28N6O5S/c1-15-14-18(25-16-6-8-17(32-2)9-7-16)26-21(24-15)22-10-11-23-33(30,31)13-12-27-19(28)4-3-5-20(27)29/h6-9,14,23H,3-5,10-13H2,1-2H3,(H2,22,24,25,26). The summed E-state index contributed by atoms with van der Waals surface area (Å²) in [6.07, 6.45) is 1.06. The molecule has 0 unspecified atom stereocenters. The van der Waals surface area contributed by atoms with Crippen LogP contribution in [-0.2, 0) is 19.6 Å². The first-order valence-corrected chi connectivity index (χ1v) is 12.2. The highest BCUT2D eigenvalue weighted by Gasteiger charge is 2.27. The van der Waals surface area contributed by atoms with E-state index in [1.54, 1.807) is 13.2 Å². The number of ether oxygens (including phenoxy) is 1. The summed E-state index contributed by atoms with van der Waals surface area (Å²) in [6.45, 7) is 2.05. The van der Waals surface area contributed by atoms with Gasteiger partial charge in [0.1, 0.15) is 11.6 Å². The number of rotatable bonds is 11. The number of benzene rings is 1. The van der Waals surface area contributed by atoms with Gasteiger partial charge in [-0.3, -0.25) is 14.5 Å². The summed E-state index contributed by atoms with van der Waals surface area (Å²) < 4.78 is 32.0. The van der Waals surface area contributed by atoms with Gasteiger partial charge in [0.25, 0.3) is 0 Å². The van der Waals surface area contributed by atoms with E-state index in [0.717, 1.165) is 22.0 Å². The molecule has 1 aromatic carbocycles. The minimum absolute atomic E-state index is 0.1000. The van der Waals surface area contributed by atoms with E-state index in [9.17, 15) is 18.0 Å². The number of nitrogens with one attached hydrogen (secondary N) is 3. The number of methoxy groups -OCH3 is 1. The molecule has 1 saturated heterocycles. The van der Waals surface area contributed by atoms with E-state index in [4.69, 9.17) is 4.74 Å². The van der Waals surface area contributed by atoms with Gasteiger partial charge in [-0.15, -0.1) is 0 Å². The van der Waals surface area contributed by atoms with Gasteiger partial charge in [-0.25, -0.2) is 18.1 Å². The number of hydrogen-bond donors (Lipinski definition) is 3. The van der Waals surface area contributed by atoms with Crippen LogP contribution in [0.15, 0.2) is 30.3 Å². The van der Waals surface area contributed by atoms with Gasteiger partial charge < -0.3 is 15.4 Å². The second kappa shape index (κ2) is 11.1. The Balaban J connectivity index is 1.47. The van der Waals surface area contributed by atoms with Crippen LogP contribution in [0.25, 0.3) is 0 Å². The lowest BCUT2D eigenvalue weighted by molar-refractivity contribution is -0.147. The van der Waals surface area contributed by atoms with Crippen LogP contribution >= 0.6 is 0 Å². The minimum Gasteiger partial charge on any atom is -0.497 e. The Hall–Kier alpha value is -3.25. The van der Waals surface area contributed by atoms with E-state index < -0.39 is 10.0 Å². The maximum Gasteiger partial charge on any atom is 0.229 e. The van der Waals surface area contributed by atoms with Gasteiger partial charge in [-0.05, 0) is 37.6 Å². The zero-order valence-corrected chi connectivity index (χ0v) is 19.4. The molecule has 3 rings (SSSR count). The van der Waals surface area contributed by atoms with Crippen molar-refractivity contribution in [3.63, 3.8) is 0 Å². The van der Waals surface area contributed by atoms with Crippen molar-refractivity contribution in [3.05, 3.63) is 36.0 Å². The van der Waals surface area contributed by atoms with Crippen molar-refractivity contribution in [3.8, 4) is 5.75 Å². The van der Waals surface area contributed by atoms with Gasteiger partial charge in [0.05, 0.1) is 12.9 Å². The number of aryl methyl sites for hydroxylation is 1. The molecule has 2 heterocycles. The number of sulfonamides is 1. The van der Waals surface area contributed by atoms with Crippen LogP contribution < -0.4 is 20.1 Å². The average Bonchev–Trinajstić information content (AvgIpc) is 2.76. The molecule has 0 aliphatic carbocycles. The SMILES string of the molecule is COc1ccc(Nc2cc(C)nc(NCCNS(=O)(=O)CCN3C(=O)CCCC3=O)n2)cc1. The number of nitrogens with zero attached hydrogens (tertiary/aromatic N) is 3. The average molecular weight is 477 g/mol. The molecule has 0 radical (unpaired) electrons. The highest BCUT2D eigenvalue weighted by molar-refractivity contribution is 7.89. The zero-order valence-electron chi connectivity index (χ0n) is 18.6. The summed E-state index contributed by atoms with van der Waals surface area (Å²) in [6, 6.07) is 9.19. The predicted molar refractivity (Wildman–Crippen MR) is 124 cm³/mol. The van der Waals surface area contributed by atoms with Gasteiger partial charge in [-0.1, -0.05) is 0 Å². The molecule has 0 atom stereocenters.